The molecule has 1 aliphatic heterocycles. The minimum Gasteiger partial charge on any atom is -0.300 e. The third-order valence-electron chi connectivity index (χ3n) is 3.64. The lowest BCUT2D eigenvalue weighted by Crippen LogP contribution is -2.40. The zero-order valence-corrected chi connectivity index (χ0v) is 8.26. The zero-order chi connectivity index (χ0) is 8.39. The van der Waals surface area contributed by atoms with Gasteiger partial charge >= 0.3 is 0 Å². The van der Waals surface area contributed by atoms with E-state index in [4.69, 9.17) is 0 Å². The standard InChI is InChI=1S/C11H21N/c1-10-4-3-8-12(9-7-10)11-5-2-6-11/h10-11H,2-9H2,1H3/t10-/m0/s1. The molecule has 0 bridgehead atoms. The van der Waals surface area contributed by atoms with Crippen LogP contribution >= 0.6 is 0 Å². The Bertz CT molecular complexity index is 140. The first-order chi connectivity index (χ1) is 5.86. The third kappa shape index (κ3) is 1.82. The minimum atomic E-state index is 0.982. The van der Waals surface area contributed by atoms with Crippen LogP contribution in [0.3, 0.4) is 0 Å². The molecule has 1 heterocycles. The average Bonchev–Trinajstić information content (AvgIpc) is 2.12. The molecule has 1 saturated heterocycles. The van der Waals surface area contributed by atoms with Crippen LogP contribution in [-0.2, 0) is 0 Å². The summed E-state index contributed by atoms with van der Waals surface area (Å²) in [6.45, 7) is 5.17. The molecule has 0 amide bonds. The molecule has 0 spiro atoms. The van der Waals surface area contributed by atoms with E-state index in [1.165, 1.54) is 51.6 Å². The van der Waals surface area contributed by atoms with Crippen LogP contribution < -0.4 is 0 Å². The molecule has 0 aromatic carbocycles. The highest BCUT2D eigenvalue weighted by Gasteiger charge is 2.25. The summed E-state index contributed by atoms with van der Waals surface area (Å²) >= 11 is 0. The van der Waals surface area contributed by atoms with E-state index in [0.717, 1.165) is 12.0 Å². The highest BCUT2D eigenvalue weighted by Crippen LogP contribution is 2.27. The second-order valence-electron chi connectivity index (χ2n) is 4.66. The van der Waals surface area contributed by atoms with Crippen LogP contribution in [0.1, 0.15) is 45.4 Å². The lowest BCUT2D eigenvalue weighted by atomic mass is 9.91. The normalized spacial score (nSPS) is 34.2. The quantitative estimate of drug-likeness (QED) is 0.580. The van der Waals surface area contributed by atoms with Crippen molar-refractivity contribution in [3.63, 3.8) is 0 Å². The Kier molecular flexibility index (Phi) is 2.69. The van der Waals surface area contributed by atoms with E-state index in [-0.39, 0.29) is 0 Å². The zero-order valence-electron chi connectivity index (χ0n) is 8.26. The van der Waals surface area contributed by atoms with Crippen LogP contribution in [0.15, 0.2) is 0 Å². The van der Waals surface area contributed by atoms with E-state index >= 15 is 0 Å². The van der Waals surface area contributed by atoms with Crippen LogP contribution in [0.5, 0.6) is 0 Å². The number of rotatable bonds is 1. The van der Waals surface area contributed by atoms with Crippen LogP contribution in [0.25, 0.3) is 0 Å². The second kappa shape index (κ2) is 3.78. The summed E-state index contributed by atoms with van der Waals surface area (Å²) in [6.07, 6.45) is 8.79. The van der Waals surface area contributed by atoms with Gasteiger partial charge in [-0.2, -0.15) is 0 Å². The van der Waals surface area contributed by atoms with E-state index in [1.807, 2.05) is 0 Å². The van der Waals surface area contributed by atoms with Crippen LogP contribution in [-0.4, -0.2) is 24.0 Å². The molecule has 2 fully saturated rings. The maximum absolute atomic E-state index is 2.74. The van der Waals surface area contributed by atoms with Crippen molar-refractivity contribution < 1.29 is 0 Å². The summed E-state index contributed by atoms with van der Waals surface area (Å²) < 4.78 is 0. The molecule has 0 aromatic heterocycles. The molecule has 0 N–H and O–H groups in total. The molecule has 0 unspecified atom stereocenters. The Balaban J connectivity index is 1.81. The topological polar surface area (TPSA) is 3.24 Å². The van der Waals surface area contributed by atoms with Crippen molar-refractivity contribution in [1.29, 1.82) is 0 Å². The number of hydrogen-bond donors (Lipinski definition) is 0. The Morgan fingerprint density at radius 2 is 1.75 bits per heavy atom. The highest BCUT2D eigenvalue weighted by molar-refractivity contribution is 4.81. The molecule has 2 aliphatic rings. The fraction of sp³-hybridized carbons (Fsp3) is 1.00. The first kappa shape index (κ1) is 8.55. The molecule has 1 atom stereocenters. The van der Waals surface area contributed by atoms with Gasteiger partial charge in [-0.05, 0) is 51.1 Å². The third-order valence-corrected chi connectivity index (χ3v) is 3.64. The van der Waals surface area contributed by atoms with E-state index < -0.39 is 0 Å². The monoisotopic (exact) mass is 167 g/mol. The van der Waals surface area contributed by atoms with Gasteiger partial charge in [0.1, 0.15) is 0 Å². The Morgan fingerprint density at radius 3 is 2.42 bits per heavy atom. The van der Waals surface area contributed by atoms with E-state index in [0.29, 0.717) is 0 Å². The second-order valence-corrected chi connectivity index (χ2v) is 4.66. The smallest absolute Gasteiger partial charge is 0.00952 e. The van der Waals surface area contributed by atoms with Gasteiger partial charge in [0.15, 0.2) is 0 Å². The van der Waals surface area contributed by atoms with Crippen molar-refractivity contribution in [3.05, 3.63) is 0 Å². The Hall–Kier alpha value is -0.0400. The van der Waals surface area contributed by atoms with Crippen LogP contribution in [0, 0.1) is 5.92 Å². The van der Waals surface area contributed by atoms with Crippen molar-refractivity contribution in [2.75, 3.05) is 13.1 Å². The van der Waals surface area contributed by atoms with Gasteiger partial charge in [-0.3, -0.25) is 0 Å². The Labute approximate surface area is 76.1 Å². The predicted octanol–water partition coefficient (Wildman–Crippen LogP) is 2.66. The molecule has 0 radical (unpaired) electrons. The molecule has 12 heavy (non-hydrogen) atoms. The van der Waals surface area contributed by atoms with Gasteiger partial charge in [0.05, 0.1) is 0 Å². The van der Waals surface area contributed by atoms with Crippen molar-refractivity contribution in [3.8, 4) is 0 Å². The number of likely N-dealkylation sites (tertiary alicyclic amines) is 1. The summed E-state index contributed by atoms with van der Waals surface area (Å²) in [4.78, 5) is 2.74. The van der Waals surface area contributed by atoms with Gasteiger partial charge in [-0.15, -0.1) is 0 Å². The first-order valence-corrected chi connectivity index (χ1v) is 5.60. The maximum atomic E-state index is 2.74. The maximum Gasteiger partial charge on any atom is 0.00952 e. The highest BCUT2D eigenvalue weighted by atomic mass is 15.2. The summed E-state index contributed by atoms with van der Waals surface area (Å²) in [5.41, 5.74) is 0. The molecule has 70 valence electrons. The molecular formula is C11H21N. The van der Waals surface area contributed by atoms with Crippen molar-refractivity contribution in [2.45, 2.75) is 51.5 Å². The van der Waals surface area contributed by atoms with E-state index in [9.17, 15) is 0 Å². The van der Waals surface area contributed by atoms with Gasteiger partial charge in [0.2, 0.25) is 0 Å². The molecule has 1 aliphatic carbocycles. The molecule has 1 saturated carbocycles. The van der Waals surface area contributed by atoms with Crippen LogP contribution in [0.2, 0.25) is 0 Å². The van der Waals surface area contributed by atoms with Gasteiger partial charge in [0, 0.05) is 6.04 Å². The molecule has 2 rings (SSSR count). The summed E-state index contributed by atoms with van der Waals surface area (Å²) in [5.74, 6) is 0.982. The lowest BCUT2D eigenvalue weighted by molar-refractivity contribution is 0.131. The van der Waals surface area contributed by atoms with Crippen LogP contribution in [0.4, 0.5) is 0 Å². The van der Waals surface area contributed by atoms with Gasteiger partial charge in [0.25, 0.3) is 0 Å². The fourth-order valence-corrected chi connectivity index (χ4v) is 2.40. The van der Waals surface area contributed by atoms with Crippen molar-refractivity contribution >= 4 is 0 Å². The van der Waals surface area contributed by atoms with Gasteiger partial charge in [-0.1, -0.05) is 13.3 Å². The minimum absolute atomic E-state index is 0.982. The number of nitrogens with zero attached hydrogens (tertiary/aromatic N) is 1. The van der Waals surface area contributed by atoms with Gasteiger partial charge < -0.3 is 4.90 Å². The molecule has 1 heteroatoms. The SMILES string of the molecule is C[C@H]1CCCN(C2CCC2)CC1. The summed E-state index contributed by atoms with van der Waals surface area (Å²) in [6, 6.07) is 0.982. The predicted molar refractivity (Wildman–Crippen MR) is 52.2 cm³/mol. The van der Waals surface area contributed by atoms with Gasteiger partial charge in [-0.25, -0.2) is 0 Å². The summed E-state index contributed by atoms with van der Waals surface area (Å²) in [7, 11) is 0. The fourth-order valence-electron chi connectivity index (χ4n) is 2.40. The molecule has 1 nitrogen and oxygen atoms in total. The van der Waals surface area contributed by atoms with E-state index in [2.05, 4.69) is 11.8 Å². The largest absolute Gasteiger partial charge is 0.300 e. The van der Waals surface area contributed by atoms with E-state index in [1.54, 1.807) is 0 Å². The lowest BCUT2D eigenvalue weighted by Gasteiger charge is -2.36. The molecular weight excluding hydrogens is 146 g/mol. The van der Waals surface area contributed by atoms with Crippen molar-refractivity contribution in [1.82, 2.24) is 4.90 Å². The summed E-state index contributed by atoms with van der Waals surface area (Å²) in [5, 5.41) is 0. The van der Waals surface area contributed by atoms with Crippen molar-refractivity contribution in [2.24, 2.45) is 5.92 Å². The molecule has 0 aromatic rings. The first-order valence-electron chi connectivity index (χ1n) is 5.60. The average molecular weight is 167 g/mol. The Morgan fingerprint density at radius 1 is 0.917 bits per heavy atom. The number of hydrogen-bond acceptors (Lipinski definition) is 1.